The highest BCUT2D eigenvalue weighted by atomic mass is 16.1. The van der Waals surface area contributed by atoms with Gasteiger partial charge in [-0.1, -0.05) is 52.4 Å². The average Bonchev–Trinajstić information content (AvgIpc) is 2.21. The molecule has 0 spiro atoms. The third-order valence-corrected chi connectivity index (χ3v) is 4.47. The van der Waals surface area contributed by atoms with Gasteiger partial charge in [-0.25, -0.2) is 4.79 Å². The maximum absolute atomic E-state index is 10.6. The van der Waals surface area contributed by atoms with E-state index in [-0.39, 0.29) is 11.0 Å². The summed E-state index contributed by atoms with van der Waals surface area (Å²) in [7, 11) is 0. The zero-order valence-corrected chi connectivity index (χ0v) is 11.0. The van der Waals surface area contributed by atoms with Crippen molar-refractivity contribution in [3.63, 3.8) is 0 Å². The molecule has 0 heterocycles. The highest BCUT2D eigenvalue weighted by Gasteiger charge is 2.40. The minimum Gasteiger partial charge on any atom is -0.211 e. The summed E-state index contributed by atoms with van der Waals surface area (Å²) < 4.78 is 0. The quantitative estimate of drug-likeness (QED) is 0.483. The summed E-state index contributed by atoms with van der Waals surface area (Å²) in [6.07, 6.45) is 11.7. The number of isocyanates is 1. The van der Waals surface area contributed by atoms with Crippen LogP contribution >= 0.6 is 0 Å². The molecule has 1 unspecified atom stereocenters. The summed E-state index contributed by atoms with van der Waals surface area (Å²) in [6.45, 7) is 6.62. The molecule has 1 aliphatic rings. The molecule has 0 bridgehead atoms. The predicted molar refractivity (Wildman–Crippen MR) is 67.2 cm³/mol. The molecule has 1 rings (SSSR count). The van der Waals surface area contributed by atoms with Crippen LogP contribution in [0.3, 0.4) is 0 Å². The Balaban J connectivity index is 2.83. The lowest BCUT2D eigenvalue weighted by atomic mass is 9.67. The summed E-state index contributed by atoms with van der Waals surface area (Å²) in [4.78, 5) is 14.8. The van der Waals surface area contributed by atoms with E-state index in [0.717, 1.165) is 12.8 Å². The van der Waals surface area contributed by atoms with Gasteiger partial charge in [-0.15, -0.1) is 0 Å². The number of carbonyl (C=O) groups excluding carboxylic acids is 1. The van der Waals surface area contributed by atoms with E-state index in [0.29, 0.717) is 0 Å². The van der Waals surface area contributed by atoms with Crippen molar-refractivity contribution in [3.8, 4) is 0 Å². The first-order chi connectivity index (χ1) is 7.52. The van der Waals surface area contributed by atoms with Gasteiger partial charge in [-0.05, 0) is 25.2 Å². The van der Waals surface area contributed by atoms with Crippen molar-refractivity contribution < 1.29 is 4.79 Å². The molecule has 92 valence electrons. The summed E-state index contributed by atoms with van der Waals surface area (Å²) in [5.41, 5.74) is -0.103. The summed E-state index contributed by atoms with van der Waals surface area (Å²) in [5, 5.41) is 0. The molecule has 2 nitrogen and oxygen atoms in total. The smallest absolute Gasteiger partial charge is 0.211 e. The Labute approximate surface area is 99.5 Å². The molecule has 0 amide bonds. The standard InChI is InChI=1S/C14H25NO/c1-13(2)10-8-6-4-5-7-9-11-14(13,3)15-12-16/h4-11H2,1-3H3. The van der Waals surface area contributed by atoms with Gasteiger partial charge >= 0.3 is 0 Å². The molecular formula is C14H25NO. The molecule has 0 aromatic rings. The summed E-state index contributed by atoms with van der Waals surface area (Å²) in [5.74, 6) is 0. The van der Waals surface area contributed by atoms with E-state index in [1.165, 1.54) is 38.5 Å². The number of hydrogen-bond donors (Lipinski definition) is 0. The summed E-state index contributed by atoms with van der Waals surface area (Å²) >= 11 is 0. The molecule has 1 atom stereocenters. The van der Waals surface area contributed by atoms with Crippen molar-refractivity contribution in [2.75, 3.05) is 0 Å². The van der Waals surface area contributed by atoms with E-state index in [2.05, 4.69) is 25.8 Å². The highest BCUT2D eigenvalue weighted by Crippen LogP contribution is 2.42. The van der Waals surface area contributed by atoms with Gasteiger partial charge in [0.15, 0.2) is 0 Å². The Morgan fingerprint density at radius 2 is 1.38 bits per heavy atom. The first kappa shape index (κ1) is 13.4. The van der Waals surface area contributed by atoms with Gasteiger partial charge in [0.05, 0.1) is 5.54 Å². The minimum absolute atomic E-state index is 0.113. The normalized spacial score (nSPS) is 31.4. The Morgan fingerprint density at radius 1 is 0.875 bits per heavy atom. The van der Waals surface area contributed by atoms with Crippen LogP contribution in [0.2, 0.25) is 0 Å². The molecule has 0 saturated heterocycles. The van der Waals surface area contributed by atoms with Crippen molar-refractivity contribution in [1.29, 1.82) is 0 Å². The molecular weight excluding hydrogens is 198 g/mol. The third-order valence-electron chi connectivity index (χ3n) is 4.47. The lowest BCUT2D eigenvalue weighted by Crippen LogP contribution is -2.40. The molecule has 1 fully saturated rings. The van der Waals surface area contributed by atoms with Crippen LogP contribution in [0.25, 0.3) is 0 Å². The van der Waals surface area contributed by atoms with Crippen LogP contribution in [0.15, 0.2) is 4.99 Å². The SMILES string of the molecule is CC1(C)CCCCCCCCC1(C)N=C=O. The number of nitrogens with zero attached hydrogens (tertiary/aromatic N) is 1. The number of rotatable bonds is 1. The first-order valence-corrected chi connectivity index (χ1v) is 6.61. The van der Waals surface area contributed by atoms with Gasteiger partial charge in [0.2, 0.25) is 6.08 Å². The Morgan fingerprint density at radius 3 is 1.94 bits per heavy atom. The molecule has 1 saturated carbocycles. The van der Waals surface area contributed by atoms with Gasteiger partial charge in [0.25, 0.3) is 0 Å². The van der Waals surface area contributed by atoms with Gasteiger partial charge in [0, 0.05) is 0 Å². The third kappa shape index (κ3) is 3.18. The van der Waals surface area contributed by atoms with E-state index in [4.69, 9.17) is 0 Å². The van der Waals surface area contributed by atoms with E-state index >= 15 is 0 Å². The van der Waals surface area contributed by atoms with E-state index in [9.17, 15) is 4.79 Å². The van der Waals surface area contributed by atoms with Crippen LogP contribution in [0.5, 0.6) is 0 Å². The fourth-order valence-corrected chi connectivity index (χ4v) is 2.66. The lowest BCUT2D eigenvalue weighted by molar-refractivity contribution is 0.146. The maximum atomic E-state index is 10.6. The van der Waals surface area contributed by atoms with Crippen molar-refractivity contribution in [1.82, 2.24) is 0 Å². The Kier molecular flexibility index (Phi) is 4.73. The van der Waals surface area contributed by atoms with Crippen LogP contribution in [0.1, 0.15) is 72.1 Å². The lowest BCUT2D eigenvalue weighted by Gasteiger charge is -2.41. The fraction of sp³-hybridized carbons (Fsp3) is 0.929. The van der Waals surface area contributed by atoms with Crippen LogP contribution in [0.4, 0.5) is 0 Å². The van der Waals surface area contributed by atoms with E-state index in [1.807, 2.05) is 0 Å². The van der Waals surface area contributed by atoms with Crippen molar-refractivity contribution in [3.05, 3.63) is 0 Å². The predicted octanol–water partition coefficient (Wildman–Crippen LogP) is 4.24. The van der Waals surface area contributed by atoms with Crippen LogP contribution in [-0.2, 0) is 4.79 Å². The van der Waals surface area contributed by atoms with Crippen molar-refractivity contribution in [2.45, 2.75) is 77.7 Å². The van der Waals surface area contributed by atoms with Crippen molar-refractivity contribution in [2.24, 2.45) is 10.4 Å². The highest BCUT2D eigenvalue weighted by molar-refractivity contribution is 5.35. The molecule has 0 radical (unpaired) electrons. The van der Waals surface area contributed by atoms with Gasteiger partial charge < -0.3 is 0 Å². The second-order valence-electron chi connectivity index (χ2n) is 5.98. The van der Waals surface area contributed by atoms with Crippen LogP contribution < -0.4 is 0 Å². The second kappa shape index (κ2) is 5.63. The van der Waals surface area contributed by atoms with Gasteiger partial charge in [-0.2, -0.15) is 4.99 Å². The topological polar surface area (TPSA) is 29.4 Å². The van der Waals surface area contributed by atoms with E-state index in [1.54, 1.807) is 6.08 Å². The Hall–Kier alpha value is -0.620. The van der Waals surface area contributed by atoms with Gasteiger partial charge in [-0.3, -0.25) is 0 Å². The second-order valence-corrected chi connectivity index (χ2v) is 5.98. The van der Waals surface area contributed by atoms with E-state index < -0.39 is 0 Å². The average molecular weight is 223 g/mol. The van der Waals surface area contributed by atoms with Crippen LogP contribution in [0, 0.1) is 5.41 Å². The van der Waals surface area contributed by atoms with Crippen molar-refractivity contribution >= 4 is 6.08 Å². The first-order valence-electron chi connectivity index (χ1n) is 6.61. The molecule has 0 aromatic heterocycles. The molecule has 16 heavy (non-hydrogen) atoms. The zero-order chi connectivity index (χ0) is 12.1. The summed E-state index contributed by atoms with van der Waals surface area (Å²) in [6, 6.07) is 0. The molecule has 0 aliphatic heterocycles. The molecule has 1 aliphatic carbocycles. The molecule has 0 aromatic carbocycles. The number of hydrogen-bond acceptors (Lipinski definition) is 2. The number of aliphatic imine (C=N–C) groups is 1. The zero-order valence-electron chi connectivity index (χ0n) is 11.0. The largest absolute Gasteiger partial charge is 0.235 e. The van der Waals surface area contributed by atoms with Crippen LogP contribution in [-0.4, -0.2) is 11.6 Å². The Bertz CT molecular complexity index is 266. The maximum Gasteiger partial charge on any atom is 0.235 e. The van der Waals surface area contributed by atoms with Gasteiger partial charge in [0.1, 0.15) is 0 Å². The monoisotopic (exact) mass is 223 g/mol. The fourth-order valence-electron chi connectivity index (χ4n) is 2.66. The molecule has 2 heteroatoms. The minimum atomic E-state index is -0.216. The molecule has 0 N–H and O–H groups in total.